The Bertz CT molecular complexity index is 1550. The zero-order valence-corrected chi connectivity index (χ0v) is 22.4. The van der Waals surface area contributed by atoms with Crippen molar-refractivity contribution in [2.24, 2.45) is 0 Å². The van der Waals surface area contributed by atoms with Gasteiger partial charge in [-0.1, -0.05) is 36.4 Å². The van der Waals surface area contributed by atoms with Gasteiger partial charge in [0.15, 0.2) is 0 Å². The number of thiophene rings is 2. The van der Waals surface area contributed by atoms with Crippen molar-refractivity contribution in [3.63, 3.8) is 0 Å². The molecule has 5 rings (SSSR count). The van der Waals surface area contributed by atoms with E-state index in [0.29, 0.717) is 17.0 Å². The van der Waals surface area contributed by atoms with Crippen molar-refractivity contribution in [1.82, 2.24) is 4.37 Å². The van der Waals surface area contributed by atoms with E-state index in [1.54, 1.807) is 35.8 Å². The Kier molecular flexibility index (Phi) is 7.22. The van der Waals surface area contributed by atoms with Crippen molar-refractivity contribution < 1.29 is 24.2 Å². The summed E-state index contributed by atoms with van der Waals surface area (Å²) in [5.41, 5.74) is 3.93. The molecule has 0 saturated heterocycles. The number of carboxylic acids is 1. The van der Waals surface area contributed by atoms with Gasteiger partial charge in [0.2, 0.25) is 0 Å². The van der Waals surface area contributed by atoms with Gasteiger partial charge in [-0.15, -0.1) is 22.7 Å². The van der Waals surface area contributed by atoms with Gasteiger partial charge >= 0.3 is 12.1 Å². The second-order valence-corrected chi connectivity index (χ2v) is 11.2. The number of aliphatic carboxylic acids is 1. The number of carbonyl (C=O) groups excluding carboxylic acids is 1. The molecule has 3 heterocycles. The summed E-state index contributed by atoms with van der Waals surface area (Å²) in [6.45, 7) is 2.05. The van der Waals surface area contributed by atoms with E-state index in [0.717, 1.165) is 40.9 Å². The summed E-state index contributed by atoms with van der Waals surface area (Å²) in [6, 6.07) is 19.2. The number of carbonyl (C=O) groups is 2. The highest BCUT2D eigenvalue weighted by molar-refractivity contribution is 7.32. The number of ether oxygens (including phenoxy) is 2. The molecule has 0 atom stereocenters. The van der Waals surface area contributed by atoms with E-state index in [4.69, 9.17) is 14.6 Å². The highest BCUT2D eigenvalue weighted by Crippen LogP contribution is 2.46. The number of fused-ring (bicyclic) bond motifs is 1. The zero-order chi connectivity index (χ0) is 25.9. The first-order valence-electron chi connectivity index (χ1n) is 11.3. The smallest absolute Gasteiger partial charge is 0.412 e. The van der Waals surface area contributed by atoms with E-state index in [1.165, 1.54) is 11.5 Å². The van der Waals surface area contributed by atoms with Gasteiger partial charge < -0.3 is 14.6 Å². The molecular formula is C27H22N2O5S3. The average molecular weight is 551 g/mol. The van der Waals surface area contributed by atoms with Crippen molar-refractivity contribution in [2.45, 2.75) is 20.0 Å². The predicted molar refractivity (Wildman–Crippen MR) is 149 cm³/mol. The third kappa shape index (κ3) is 5.51. The van der Waals surface area contributed by atoms with E-state index in [1.807, 2.05) is 49.4 Å². The summed E-state index contributed by atoms with van der Waals surface area (Å²) in [5, 5.41) is 12.0. The predicted octanol–water partition coefficient (Wildman–Crippen LogP) is 7.45. The molecule has 0 aliphatic rings. The van der Waals surface area contributed by atoms with E-state index in [2.05, 4.69) is 21.8 Å². The second kappa shape index (κ2) is 10.7. The van der Waals surface area contributed by atoms with Crippen LogP contribution in [0.25, 0.3) is 29.6 Å². The maximum absolute atomic E-state index is 12.5. The van der Waals surface area contributed by atoms with Gasteiger partial charge in [-0.05, 0) is 53.8 Å². The molecule has 0 unspecified atom stereocenters. The van der Waals surface area contributed by atoms with Crippen LogP contribution in [-0.2, 0) is 22.6 Å². The van der Waals surface area contributed by atoms with E-state index >= 15 is 0 Å². The van der Waals surface area contributed by atoms with Gasteiger partial charge in [-0.25, -0.2) is 4.79 Å². The number of benzene rings is 2. The molecule has 188 valence electrons. The fourth-order valence-electron chi connectivity index (χ4n) is 3.85. The van der Waals surface area contributed by atoms with Crippen molar-refractivity contribution in [3.8, 4) is 25.9 Å². The molecule has 0 radical (unpaired) electrons. The van der Waals surface area contributed by atoms with Crippen LogP contribution < -0.4 is 10.1 Å². The molecule has 37 heavy (non-hydrogen) atoms. The Labute approximate surface area is 225 Å². The lowest BCUT2D eigenvalue weighted by atomic mass is 10.1. The highest BCUT2D eigenvalue weighted by atomic mass is 32.1. The number of carboxylic acid groups (broad SMARTS) is 1. The third-order valence-electron chi connectivity index (χ3n) is 5.62. The molecule has 10 heteroatoms. The molecule has 7 nitrogen and oxygen atoms in total. The lowest BCUT2D eigenvalue weighted by molar-refractivity contribution is -0.136. The number of methoxy groups -OCH3 is 1. The Balaban J connectivity index is 1.36. The fraction of sp³-hybridized carbons (Fsp3) is 0.148. The van der Waals surface area contributed by atoms with Gasteiger partial charge in [0, 0.05) is 19.8 Å². The molecule has 5 aromatic rings. The molecule has 1 amide bonds. The maximum atomic E-state index is 12.5. The van der Waals surface area contributed by atoms with Crippen LogP contribution in [0.15, 0.2) is 60.7 Å². The van der Waals surface area contributed by atoms with Crippen molar-refractivity contribution in [2.75, 3.05) is 12.4 Å². The minimum Gasteiger partial charge on any atom is -0.496 e. The Morgan fingerprint density at radius 3 is 2.43 bits per heavy atom. The molecule has 0 aliphatic carbocycles. The highest BCUT2D eigenvalue weighted by Gasteiger charge is 2.20. The quantitative estimate of drug-likeness (QED) is 0.208. The zero-order valence-electron chi connectivity index (χ0n) is 19.9. The van der Waals surface area contributed by atoms with Gasteiger partial charge in [-0.3, -0.25) is 10.1 Å². The number of hydrogen-bond donors (Lipinski definition) is 2. The van der Waals surface area contributed by atoms with E-state index in [9.17, 15) is 9.59 Å². The summed E-state index contributed by atoms with van der Waals surface area (Å²) in [7, 11) is 1.59. The molecule has 0 aliphatic heterocycles. The van der Waals surface area contributed by atoms with Crippen molar-refractivity contribution in [3.05, 3.63) is 77.5 Å². The summed E-state index contributed by atoms with van der Waals surface area (Å²) >= 11 is 4.60. The second-order valence-electron chi connectivity index (χ2n) is 8.21. The van der Waals surface area contributed by atoms with Crippen LogP contribution in [0.3, 0.4) is 0 Å². The first-order valence-corrected chi connectivity index (χ1v) is 13.7. The number of nitrogens with zero attached hydrogens (tertiary/aromatic N) is 1. The first kappa shape index (κ1) is 24.9. The van der Waals surface area contributed by atoms with Gasteiger partial charge in [0.1, 0.15) is 12.4 Å². The minimum atomic E-state index is -0.879. The van der Waals surface area contributed by atoms with Crippen molar-refractivity contribution in [1.29, 1.82) is 0 Å². The summed E-state index contributed by atoms with van der Waals surface area (Å²) < 4.78 is 17.6. The molecule has 3 aromatic heterocycles. The molecule has 2 N–H and O–H groups in total. The van der Waals surface area contributed by atoms with Crippen LogP contribution in [0.2, 0.25) is 0 Å². The molecule has 0 bridgehead atoms. The largest absolute Gasteiger partial charge is 0.496 e. The van der Waals surface area contributed by atoms with Crippen LogP contribution in [0.1, 0.15) is 16.8 Å². The lowest BCUT2D eigenvalue weighted by Crippen LogP contribution is -2.14. The molecule has 0 saturated carbocycles. The maximum Gasteiger partial charge on any atom is 0.412 e. The lowest BCUT2D eigenvalue weighted by Gasteiger charge is -2.09. The first-order chi connectivity index (χ1) is 17.9. The van der Waals surface area contributed by atoms with E-state index in [-0.39, 0.29) is 13.0 Å². The fourth-order valence-corrected chi connectivity index (χ4v) is 7.22. The van der Waals surface area contributed by atoms with Gasteiger partial charge in [0.05, 0.1) is 34.7 Å². The molecule has 0 spiro atoms. The summed E-state index contributed by atoms with van der Waals surface area (Å²) in [4.78, 5) is 26.5. The Morgan fingerprint density at radius 1 is 0.973 bits per heavy atom. The number of nitrogens with one attached hydrogen (secondary N) is 1. The topological polar surface area (TPSA) is 97.8 Å². The van der Waals surface area contributed by atoms with Crippen LogP contribution in [0.5, 0.6) is 5.75 Å². The van der Waals surface area contributed by atoms with Crippen LogP contribution in [0, 0.1) is 6.92 Å². The number of anilines is 1. The Morgan fingerprint density at radius 2 is 1.70 bits per heavy atom. The van der Waals surface area contributed by atoms with Crippen LogP contribution >= 0.6 is 34.2 Å². The number of rotatable bonds is 8. The number of hydrogen-bond acceptors (Lipinski definition) is 8. The summed E-state index contributed by atoms with van der Waals surface area (Å²) in [5.74, 6) is -0.234. The molecular weight excluding hydrogens is 529 g/mol. The normalized spacial score (nSPS) is 11.0. The van der Waals surface area contributed by atoms with Gasteiger partial charge in [-0.2, -0.15) is 4.37 Å². The number of aryl methyl sites for hydroxylation is 1. The monoisotopic (exact) mass is 550 g/mol. The molecule has 2 aromatic carbocycles. The van der Waals surface area contributed by atoms with Crippen LogP contribution in [-0.4, -0.2) is 28.7 Å². The average Bonchev–Trinajstić information content (AvgIpc) is 3.56. The van der Waals surface area contributed by atoms with Crippen LogP contribution in [0.4, 0.5) is 10.5 Å². The summed E-state index contributed by atoms with van der Waals surface area (Å²) in [6.07, 6.45) is -0.572. The molecule has 0 fully saturated rings. The third-order valence-corrected chi connectivity index (χ3v) is 9.07. The minimum absolute atomic E-state index is 0.0516. The number of amides is 1. The van der Waals surface area contributed by atoms with Gasteiger partial charge in [0.25, 0.3) is 0 Å². The van der Waals surface area contributed by atoms with Crippen molar-refractivity contribution >= 4 is 61.4 Å². The van der Waals surface area contributed by atoms with E-state index < -0.39 is 12.1 Å². The standard InChI is InChI=1S/C27H22N2O5S3/c1-15-25(28-27(32)34-14-16-6-4-3-5-7-16)26(37-29-15)23-13-22-21(36-23)12-20(35-22)18-9-8-17(11-24(30)31)10-19(18)33-2/h3-10,12-13H,11,14H2,1-2H3,(H,28,32)(H,30,31). The number of aromatic nitrogens is 1. The SMILES string of the molecule is COc1cc(CC(=O)O)ccc1-c1cc2sc(-c3snc(C)c3NC(=O)OCc3ccccc3)cc2s1. The Hall–Kier alpha value is -3.73.